The Hall–Kier alpha value is -3.43. The molecule has 2 saturated heterocycles. The molecule has 2 aliphatic heterocycles. The van der Waals surface area contributed by atoms with Crippen molar-refractivity contribution in [2.24, 2.45) is 17.8 Å². The number of fused-ring (bicyclic) bond motifs is 2. The second-order valence-corrected chi connectivity index (χ2v) is 14.3. The summed E-state index contributed by atoms with van der Waals surface area (Å²) in [6.45, 7) is 13.3. The van der Waals surface area contributed by atoms with E-state index in [-0.39, 0.29) is 24.7 Å². The van der Waals surface area contributed by atoms with Crippen LogP contribution in [0.5, 0.6) is 0 Å². The van der Waals surface area contributed by atoms with Crippen molar-refractivity contribution in [1.82, 2.24) is 0 Å². The molecule has 1 aromatic rings. The van der Waals surface area contributed by atoms with Crippen molar-refractivity contribution >= 4 is 45.6 Å². The number of rotatable bonds is 18. The zero-order chi connectivity index (χ0) is 39.0. The molecule has 2 fully saturated rings. The molecule has 0 radical (unpaired) electrons. The highest BCUT2D eigenvalue weighted by atomic mass is 79.9. The lowest BCUT2D eigenvalue weighted by Crippen LogP contribution is -2.78. The molecule has 2 aliphatic rings. The number of Topliss-reactive ketones (excluding diaryl/α,β-unsaturated/α-hetero) is 1. The Morgan fingerprint density at radius 2 is 1.69 bits per heavy atom. The highest BCUT2D eigenvalue weighted by molar-refractivity contribution is 9.09. The summed E-state index contributed by atoms with van der Waals surface area (Å²) < 4.78 is 33.4. The number of methoxy groups -OCH3 is 2. The number of halogens is 1. The molecule has 288 valence electrons. The van der Waals surface area contributed by atoms with Gasteiger partial charge in [0.25, 0.3) is 5.60 Å². The van der Waals surface area contributed by atoms with Gasteiger partial charge >= 0.3 is 23.9 Å². The van der Waals surface area contributed by atoms with Crippen LogP contribution in [-0.4, -0.2) is 101 Å². The van der Waals surface area contributed by atoms with Crippen LogP contribution in [0, 0.1) is 17.8 Å². The zero-order valence-corrected chi connectivity index (χ0v) is 32.4. The van der Waals surface area contributed by atoms with Crippen molar-refractivity contribution in [3.05, 3.63) is 60.2 Å². The maximum absolute atomic E-state index is 13.9. The lowest BCUT2D eigenvalue weighted by Gasteiger charge is -2.50. The van der Waals surface area contributed by atoms with Crippen LogP contribution in [0.3, 0.4) is 0 Å². The first-order valence-electron chi connectivity index (χ1n) is 17.3. The summed E-state index contributed by atoms with van der Waals surface area (Å²) in [7, 11) is 1.82. The van der Waals surface area contributed by atoms with E-state index in [1.165, 1.54) is 6.92 Å². The normalized spacial score (nSPS) is 29.0. The number of hydrogen-bond acceptors (Lipinski definition) is 13. The van der Waals surface area contributed by atoms with E-state index in [1.54, 1.807) is 6.08 Å². The van der Waals surface area contributed by atoms with Crippen molar-refractivity contribution in [2.75, 3.05) is 19.5 Å². The molecule has 0 amide bonds. The third-order valence-corrected chi connectivity index (χ3v) is 10.4. The number of benzene rings is 1. The van der Waals surface area contributed by atoms with Crippen LogP contribution in [-0.2, 0) is 58.8 Å². The summed E-state index contributed by atoms with van der Waals surface area (Å²) in [6.07, 6.45) is -2.82. The third-order valence-electron chi connectivity index (χ3n) is 9.83. The summed E-state index contributed by atoms with van der Waals surface area (Å²) in [5.74, 6) is -7.86. The molecule has 0 unspecified atom stereocenters. The lowest BCUT2D eigenvalue weighted by molar-refractivity contribution is -0.372. The molecule has 0 spiro atoms. The molecular formula is C38H51BrO13. The van der Waals surface area contributed by atoms with Gasteiger partial charge in [-0.2, -0.15) is 0 Å². The molecular weight excluding hydrogens is 744 g/mol. The van der Waals surface area contributed by atoms with E-state index in [0.29, 0.717) is 17.9 Å². The maximum Gasteiger partial charge on any atom is 0.346 e. The molecule has 1 aromatic carbocycles. The Morgan fingerprint density at radius 3 is 2.25 bits per heavy atom. The number of allylic oxidation sites excluding steroid dienone is 1. The molecule has 52 heavy (non-hydrogen) atoms. The Morgan fingerprint density at radius 1 is 1.06 bits per heavy atom. The third kappa shape index (κ3) is 8.68. The van der Waals surface area contributed by atoms with Gasteiger partial charge in [0, 0.05) is 25.3 Å². The van der Waals surface area contributed by atoms with Crippen molar-refractivity contribution in [1.29, 1.82) is 0 Å². The number of alkyl halides is 1. The van der Waals surface area contributed by atoms with Crippen LogP contribution < -0.4 is 0 Å². The largest absolute Gasteiger partial charge is 0.467 e. The highest BCUT2D eigenvalue weighted by Crippen LogP contribution is 2.56. The molecule has 0 saturated carbocycles. The van der Waals surface area contributed by atoms with Crippen LogP contribution in [0.2, 0.25) is 0 Å². The zero-order valence-electron chi connectivity index (χ0n) is 30.8. The maximum atomic E-state index is 13.9. The van der Waals surface area contributed by atoms with Crippen LogP contribution >= 0.6 is 15.9 Å². The second kappa shape index (κ2) is 18.1. The van der Waals surface area contributed by atoms with Gasteiger partial charge in [0.15, 0.2) is 18.0 Å². The van der Waals surface area contributed by atoms with Crippen LogP contribution in [0.25, 0.3) is 0 Å². The molecule has 13 nitrogen and oxygen atoms in total. The fourth-order valence-corrected chi connectivity index (χ4v) is 7.30. The summed E-state index contributed by atoms with van der Waals surface area (Å²) in [4.78, 5) is 66.4. The quantitative estimate of drug-likeness (QED) is 0.0718. The molecule has 14 heteroatoms. The summed E-state index contributed by atoms with van der Waals surface area (Å²) in [5, 5.41) is 23.7. The first-order chi connectivity index (χ1) is 24.5. The van der Waals surface area contributed by atoms with Crippen molar-refractivity contribution in [2.45, 2.75) is 108 Å². The summed E-state index contributed by atoms with van der Waals surface area (Å²) >= 11 is 3.03. The number of hydrogen-bond donors (Lipinski definition) is 2. The van der Waals surface area contributed by atoms with Crippen LogP contribution in [0.1, 0.15) is 65.9 Å². The predicted octanol–water partition coefficient (Wildman–Crippen LogP) is 3.94. The van der Waals surface area contributed by atoms with Gasteiger partial charge in [-0.1, -0.05) is 93.0 Å². The fourth-order valence-electron chi connectivity index (χ4n) is 7.00. The number of aliphatic hydroxyl groups excluding tert-OH is 1. The number of ether oxygens (including phenoxy) is 6. The topological polar surface area (TPSA) is 181 Å². The van der Waals surface area contributed by atoms with Crippen molar-refractivity contribution in [3.63, 3.8) is 0 Å². The molecule has 10 atom stereocenters. The minimum Gasteiger partial charge on any atom is -0.467 e. The molecule has 0 aliphatic carbocycles. The Bertz CT molecular complexity index is 1500. The van der Waals surface area contributed by atoms with Gasteiger partial charge in [0.2, 0.25) is 11.4 Å². The number of ketones is 1. The lowest BCUT2D eigenvalue weighted by atomic mass is 9.73. The standard InChI is InChI=1S/C38H51BrO13/c1-9-22(2)19-23(3)15-16-29(42)50-33-31(43)36(18-17-24(4)30(49-26(6)40)25(5)20-27-13-11-10-12-14-27)51-32(28(41)21-39)37(46,34(44)47-7)38(33,52-36)35(45)48-8/h10-16,22-23,25,30-33,43,46H,4,9,17-21H2,1-3,5-8H3/b16-15+/t22-,23+,25+,30+,31+,32+,33+,36-,37+,38-/m0/s1. The number of aliphatic hydroxyl groups is 2. The fraction of sp³-hybridized carbons (Fsp3) is 0.605. The molecule has 2 heterocycles. The summed E-state index contributed by atoms with van der Waals surface area (Å²) in [6, 6.07) is 9.51. The van der Waals surface area contributed by atoms with Crippen LogP contribution in [0.15, 0.2) is 54.6 Å². The van der Waals surface area contributed by atoms with Gasteiger partial charge in [-0.3, -0.25) is 9.59 Å². The number of esters is 4. The first-order valence-corrected chi connectivity index (χ1v) is 18.4. The predicted molar refractivity (Wildman–Crippen MR) is 191 cm³/mol. The van der Waals surface area contributed by atoms with Gasteiger partial charge < -0.3 is 38.6 Å². The van der Waals surface area contributed by atoms with Gasteiger partial charge in [-0.15, -0.1) is 0 Å². The molecule has 3 rings (SSSR count). The van der Waals surface area contributed by atoms with E-state index in [9.17, 15) is 34.2 Å². The van der Waals surface area contributed by atoms with Crippen LogP contribution in [0.4, 0.5) is 0 Å². The average molecular weight is 796 g/mol. The molecule has 2 bridgehead atoms. The van der Waals surface area contributed by atoms with Crippen molar-refractivity contribution < 1.29 is 62.6 Å². The molecule has 0 aromatic heterocycles. The number of carbonyl (C=O) groups excluding carboxylic acids is 5. The number of carbonyl (C=O) groups is 5. The smallest absolute Gasteiger partial charge is 0.346 e. The minimum atomic E-state index is -3.32. The first kappa shape index (κ1) is 43.0. The second-order valence-electron chi connectivity index (χ2n) is 13.7. The minimum absolute atomic E-state index is 0.0517. The monoisotopic (exact) mass is 794 g/mol. The average Bonchev–Trinajstić information content (AvgIpc) is 3.34. The Labute approximate surface area is 313 Å². The van der Waals surface area contributed by atoms with Gasteiger partial charge in [0.05, 0.1) is 19.5 Å². The van der Waals surface area contributed by atoms with E-state index >= 15 is 0 Å². The Kier molecular flexibility index (Phi) is 14.9. The van der Waals surface area contributed by atoms with E-state index in [2.05, 4.69) is 29.4 Å². The molecule has 2 N–H and O–H groups in total. The SMILES string of the molecule is C=C(CC[C@]12O[C@H](C(=O)CBr)[C@@](O)(C(=O)OC)[C@](C(=O)OC)(O1)[C@H](OC(=O)/C=C/[C@@H](C)C[C@@H](C)CC)[C@H]2O)[C@@H](OC(C)=O)[C@H](C)Cc1ccccc1. The van der Waals surface area contributed by atoms with E-state index in [4.69, 9.17) is 28.4 Å². The van der Waals surface area contributed by atoms with Gasteiger partial charge in [-0.05, 0) is 42.2 Å². The highest BCUT2D eigenvalue weighted by Gasteiger charge is 2.85. The van der Waals surface area contributed by atoms with E-state index < -0.39 is 76.4 Å². The Balaban J connectivity index is 2.10. The van der Waals surface area contributed by atoms with Gasteiger partial charge in [-0.25, -0.2) is 14.4 Å². The van der Waals surface area contributed by atoms with Gasteiger partial charge in [0.1, 0.15) is 12.2 Å². The van der Waals surface area contributed by atoms with E-state index in [0.717, 1.165) is 38.7 Å². The van der Waals surface area contributed by atoms with E-state index in [1.807, 2.05) is 51.1 Å². The van der Waals surface area contributed by atoms with Crippen molar-refractivity contribution in [3.8, 4) is 0 Å². The summed E-state index contributed by atoms with van der Waals surface area (Å²) in [5.41, 5.74) is -5.02.